The number of para-hydroxylation sites is 1. The predicted molar refractivity (Wildman–Crippen MR) is 109 cm³/mol. The molecule has 0 heterocycles. The van der Waals surface area contributed by atoms with Gasteiger partial charge in [0.1, 0.15) is 12.4 Å². The molecule has 0 fully saturated rings. The Balaban J connectivity index is 1.50. The highest BCUT2D eigenvalue weighted by molar-refractivity contribution is 6.30. The van der Waals surface area contributed by atoms with Crippen LogP contribution in [-0.2, 0) is 19.6 Å². The molecule has 0 aromatic heterocycles. The Labute approximate surface area is 160 Å². The van der Waals surface area contributed by atoms with Gasteiger partial charge in [0, 0.05) is 17.1 Å². The highest BCUT2D eigenvalue weighted by Crippen LogP contribution is 2.19. The van der Waals surface area contributed by atoms with E-state index in [-0.39, 0.29) is 0 Å². The quantitative estimate of drug-likeness (QED) is 0.527. The van der Waals surface area contributed by atoms with E-state index in [0.29, 0.717) is 6.61 Å². The van der Waals surface area contributed by atoms with E-state index in [1.165, 1.54) is 22.3 Å². The molecule has 3 aromatic rings. The van der Waals surface area contributed by atoms with Crippen LogP contribution in [0.15, 0.2) is 72.8 Å². The van der Waals surface area contributed by atoms with Gasteiger partial charge < -0.3 is 10.1 Å². The number of nitrogens with one attached hydrogen (secondary N) is 1. The van der Waals surface area contributed by atoms with Gasteiger partial charge in [0.2, 0.25) is 0 Å². The van der Waals surface area contributed by atoms with Crippen LogP contribution < -0.4 is 10.1 Å². The number of ether oxygens (including phenoxy) is 1. The summed E-state index contributed by atoms with van der Waals surface area (Å²) in [4.78, 5) is 0. The summed E-state index contributed by atoms with van der Waals surface area (Å²) in [7, 11) is 0. The van der Waals surface area contributed by atoms with Crippen molar-refractivity contribution in [3.8, 4) is 5.75 Å². The van der Waals surface area contributed by atoms with Gasteiger partial charge in [-0.15, -0.1) is 0 Å². The number of aryl methyl sites for hydroxylation is 1. The fraction of sp³-hybridized carbons (Fsp3) is 0.217. The van der Waals surface area contributed by atoms with Crippen LogP contribution in [0.5, 0.6) is 5.75 Å². The summed E-state index contributed by atoms with van der Waals surface area (Å²) in [5, 5.41) is 4.28. The maximum Gasteiger partial charge on any atom is 0.124 e. The zero-order chi connectivity index (χ0) is 18.2. The van der Waals surface area contributed by atoms with Crippen LogP contribution in [0.4, 0.5) is 0 Å². The lowest BCUT2D eigenvalue weighted by atomic mass is 10.1. The van der Waals surface area contributed by atoms with Crippen molar-refractivity contribution in [3.63, 3.8) is 0 Å². The fourth-order valence-electron chi connectivity index (χ4n) is 2.74. The lowest BCUT2D eigenvalue weighted by Gasteiger charge is -2.12. The number of halogens is 1. The number of hydrogen-bond acceptors (Lipinski definition) is 2. The van der Waals surface area contributed by atoms with E-state index < -0.39 is 0 Å². The molecular weight excluding hydrogens is 342 g/mol. The second-order valence-electron chi connectivity index (χ2n) is 6.44. The molecule has 0 amide bonds. The van der Waals surface area contributed by atoms with E-state index in [0.717, 1.165) is 30.3 Å². The van der Waals surface area contributed by atoms with Gasteiger partial charge in [0.15, 0.2) is 0 Å². The minimum absolute atomic E-state index is 0.585. The van der Waals surface area contributed by atoms with Crippen molar-refractivity contribution < 1.29 is 4.74 Å². The van der Waals surface area contributed by atoms with E-state index in [9.17, 15) is 0 Å². The smallest absolute Gasteiger partial charge is 0.124 e. The van der Waals surface area contributed by atoms with Gasteiger partial charge in [0.05, 0.1) is 0 Å². The Morgan fingerprint density at radius 3 is 2.31 bits per heavy atom. The summed E-state index contributed by atoms with van der Waals surface area (Å²) in [6.07, 6.45) is 0.976. The predicted octanol–water partition coefficient (Wildman–Crippen LogP) is 5.56. The molecule has 0 unspecified atom stereocenters. The molecule has 3 rings (SSSR count). The summed E-state index contributed by atoms with van der Waals surface area (Å²) in [6.45, 7) is 4.38. The van der Waals surface area contributed by atoms with E-state index in [1.807, 2.05) is 24.3 Å². The molecule has 0 saturated carbocycles. The van der Waals surface area contributed by atoms with Crippen LogP contribution in [0.25, 0.3) is 0 Å². The van der Waals surface area contributed by atoms with Crippen molar-refractivity contribution in [2.75, 3.05) is 6.54 Å². The van der Waals surface area contributed by atoms with Crippen molar-refractivity contribution in [2.45, 2.75) is 26.5 Å². The van der Waals surface area contributed by atoms with Gasteiger partial charge in [0.25, 0.3) is 0 Å². The first-order valence-electron chi connectivity index (χ1n) is 8.92. The lowest BCUT2D eigenvalue weighted by Crippen LogP contribution is -2.17. The summed E-state index contributed by atoms with van der Waals surface area (Å²) >= 11 is 5.92. The van der Waals surface area contributed by atoms with Crippen molar-refractivity contribution in [1.29, 1.82) is 0 Å². The molecule has 26 heavy (non-hydrogen) atoms. The maximum absolute atomic E-state index is 6.04. The molecule has 2 nitrogen and oxygen atoms in total. The Kier molecular flexibility index (Phi) is 6.70. The maximum atomic E-state index is 6.04. The molecule has 0 aliphatic heterocycles. The Morgan fingerprint density at radius 2 is 1.54 bits per heavy atom. The first-order valence-corrected chi connectivity index (χ1v) is 9.30. The van der Waals surface area contributed by atoms with Crippen molar-refractivity contribution in [3.05, 3.63) is 100 Å². The standard InChI is InChI=1S/C23H24ClNO/c1-18-6-8-20(9-7-18)17-26-23-5-3-2-4-21(23)16-25-15-14-19-10-12-22(24)13-11-19/h2-13,25H,14-17H2,1H3. The normalized spacial score (nSPS) is 10.7. The molecule has 0 saturated heterocycles. The molecule has 3 aromatic carbocycles. The third-order valence-electron chi connectivity index (χ3n) is 4.31. The highest BCUT2D eigenvalue weighted by atomic mass is 35.5. The van der Waals surface area contributed by atoms with E-state index in [1.54, 1.807) is 0 Å². The van der Waals surface area contributed by atoms with Gasteiger partial charge in [-0.2, -0.15) is 0 Å². The van der Waals surface area contributed by atoms with Gasteiger partial charge in [-0.3, -0.25) is 0 Å². The van der Waals surface area contributed by atoms with Gasteiger partial charge in [-0.05, 0) is 49.2 Å². The molecule has 134 valence electrons. The van der Waals surface area contributed by atoms with Crippen molar-refractivity contribution >= 4 is 11.6 Å². The summed E-state index contributed by atoms with van der Waals surface area (Å²) < 4.78 is 6.04. The van der Waals surface area contributed by atoms with Gasteiger partial charge >= 0.3 is 0 Å². The largest absolute Gasteiger partial charge is 0.489 e. The Hall–Kier alpha value is -2.29. The van der Waals surface area contributed by atoms with Gasteiger partial charge in [-0.25, -0.2) is 0 Å². The third kappa shape index (κ3) is 5.62. The zero-order valence-electron chi connectivity index (χ0n) is 15.0. The molecule has 0 aliphatic carbocycles. The fourth-order valence-corrected chi connectivity index (χ4v) is 2.87. The van der Waals surface area contributed by atoms with Crippen LogP contribution in [0, 0.1) is 6.92 Å². The summed E-state index contributed by atoms with van der Waals surface area (Å²) in [5.41, 5.74) is 4.90. The summed E-state index contributed by atoms with van der Waals surface area (Å²) in [6, 6.07) is 24.7. The van der Waals surface area contributed by atoms with Crippen LogP contribution in [-0.4, -0.2) is 6.54 Å². The zero-order valence-corrected chi connectivity index (χ0v) is 15.8. The van der Waals surface area contributed by atoms with Crippen molar-refractivity contribution in [2.24, 2.45) is 0 Å². The van der Waals surface area contributed by atoms with E-state index >= 15 is 0 Å². The minimum Gasteiger partial charge on any atom is -0.489 e. The molecular formula is C23H24ClNO. The SMILES string of the molecule is Cc1ccc(COc2ccccc2CNCCc2ccc(Cl)cc2)cc1. The molecule has 0 bridgehead atoms. The van der Waals surface area contributed by atoms with Crippen LogP contribution >= 0.6 is 11.6 Å². The van der Waals surface area contributed by atoms with Crippen LogP contribution in [0.2, 0.25) is 5.02 Å². The van der Waals surface area contributed by atoms with E-state index in [2.05, 4.69) is 60.8 Å². The second-order valence-corrected chi connectivity index (χ2v) is 6.87. The number of hydrogen-bond donors (Lipinski definition) is 1. The number of rotatable bonds is 8. The molecule has 0 spiro atoms. The molecule has 0 atom stereocenters. The lowest BCUT2D eigenvalue weighted by molar-refractivity contribution is 0.302. The van der Waals surface area contributed by atoms with E-state index in [4.69, 9.17) is 16.3 Å². The first kappa shape index (κ1) is 18.5. The molecule has 3 heteroatoms. The second kappa shape index (κ2) is 9.42. The Bertz CT molecular complexity index is 812. The van der Waals surface area contributed by atoms with Crippen LogP contribution in [0.3, 0.4) is 0 Å². The third-order valence-corrected chi connectivity index (χ3v) is 4.56. The molecule has 0 aliphatic rings. The highest BCUT2D eigenvalue weighted by Gasteiger charge is 2.03. The molecule has 1 N–H and O–H groups in total. The average Bonchev–Trinajstić information content (AvgIpc) is 2.67. The summed E-state index contributed by atoms with van der Waals surface area (Å²) in [5.74, 6) is 0.937. The average molecular weight is 366 g/mol. The van der Waals surface area contributed by atoms with Crippen LogP contribution in [0.1, 0.15) is 22.3 Å². The molecule has 0 radical (unpaired) electrons. The monoisotopic (exact) mass is 365 g/mol. The Morgan fingerprint density at radius 1 is 0.846 bits per heavy atom. The number of benzene rings is 3. The minimum atomic E-state index is 0.585. The van der Waals surface area contributed by atoms with Crippen molar-refractivity contribution in [1.82, 2.24) is 5.32 Å². The first-order chi connectivity index (χ1) is 12.7. The topological polar surface area (TPSA) is 21.3 Å². The van der Waals surface area contributed by atoms with Gasteiger partial charge in [-0.1, -0.05) is 71.8 Å².